The standard InChI is InChI=1S/C11H19NO/c1-12-7-10(8-12)11(13)9-5-3-2-4-6-9/h9-10H,2-8H2,1H3. The van der Waals surface area contributed by atoms with E-state index in [1.807, 2.05) is 0 Å². The van der Waals surface area contributed by atoms with Gasteiger partial charge in [0.25, 0.3) is 0 Å². The van der Waals surface area contributed by atoms with Crippen LogP contribution in [0, 0.1) is 11.8 Å². The number of carbonyl (C=O) groups is 1. The highest BCUT2D eigenvalue weighted by atomic mass is 16.1. The second-order valence-electron chi connectivity index (χ2n) is 4.66. The molecule has 1 heterocycles. The maximum atomic E-state index is 11.9. The Hall–Kier alpha value is -0.370. The van der Waals surface area contributed by atoms with Crippen LogP contribution in [0.4, 0.5) is 0 Å². The van der Waals surface area contributed by atoms with Crippen LogP contribution in [-0.2, 0) is 4.79 Å². The first-order valence-electron chi connectivity index (χ1n) is 5.49. The molecule has 0 N–H and O–H groups in total. The fourth-order valence-corrected chi connectivity index (χ4v) is 2.60. The van der Waals surface area contributed by atoms with E-state index in [0.717, 1.165) is 13.1 Å². The maximum Gasteiger partial charge on any atom is 0.141 e. The Bertz CT molecular complexity index is 190. The van der Waals surface area contributed by atoms with Gasteiger partial charge in [-0.25, -0.2) is 0 Å². The zero-order valence-electron chi connectivity index (χ0n) is 8.46. The van der Waals surface area contributed by atoms with Gasteiger partial charge in [-0.15, -0.1) is 0 Å². The zero-order chi connectivity index (χ0) is 9.26. The molecule has 1 aliphatic carbocycles. The minimum atomic E-state index is 0.382. The first kappa shape index (κ1) is 9.20. The van der Waals surface area contributed by atoms with E-state index < -0.39 is 0 Å². The Morgan fingerprint density at radius 3 is 2.23 bits per heavy atom. The van der Waals surface area contributed by atoms with Gasteiger partial charge >= 0.3 is 0 Å². The van der Waals surface area contributed by atoms with Crippen molar-refractivity contribution in [1.82, 2.24) is 4.90 Å². The number of nitrogens with zero attached hydrogens (tertiary/aromatic N) is 1. The third kappa shape index (κ3) is 1.93. The normalized spacial score (nSPS) is 27.2. The highest BCUT2D eigenvalue weighted by Gasteiger charge is 2.34. The summed E-state index contributed by atoms with van der Waals surface area (Å²) in [5, 5.41) is 0. The van der Waals surface area contributed by atoms with Crippen LogP contribution < -0.4 is 0 Å². The Kier molecular flexibility index (Phi) is 2.68. The van der Waals surface area contributed by atoms with Gasteiger partial charge in [-0.1, -0.05) is 19.3 Å². The van der Waals surface area contributed by atoms with Crippen LogP contribution in [0.1, 0.15) is 32.1 Å². The van der Waals surface area contributed by atoms with E-state index in [0.29, 0.717) is 17.6 Å². The Morgan fingerprint density at radius 2 is 1.69 bits per heavy atom. The molecule has 0 amide bonds. The molecule has 2 fully saturated rings. The molecule has 13 heavy (non-hydrogen) atoms. The molecule has 2 rings (SSSR count). The van der Waals surface area contributed by atoms with Gasteiger partial charge in [-0.2, -0.15) is 0 Å². The summed E-state index contributed by atoms with van der Waals surface area (Å²) in [6, 6.07) is 0. The quantitative estimate of drug-likeness (QED) is 0.646. The first-order valence-corrected chi connectivity index (χ1v) is 5.49. The van der Waals surface area contributed by atoms with Crippen LogP contribution in [0.3, 0.4) is 0 Å². The van der Waals surface area contributed by atoms with Crippen molar-refractivity contribution in [1.29, 1.82) is 0 Å². The predicted octanol–water partition coefficient (Wildman–Crippen LogP) is 1.70. The molecule has 0 bridgehead atoms. The highest BCUT2D eigenvalue weighted by molar-refractivity contribution is 5.84. The summed E-state index contributed by atoms with van der Waals surface area (Å²) in [4.78, 5) is 14.1. The van der Waals surface area contributed by atoms with E-state index >= 15 is 0 Å². The lowest BCUT2D eigenvalue weighted by Gasteiger charge is -2.37. The molecule has 0 unspecified atom stereocenters. The van der Waals surface area contributed by atoms with Crippen LogP contribution in [0.2, 0.25) is 0 Å². The van der Waals surface area contributed by atoms with Crippen molar-refractivity contribution in [2.24, 2.45) is 11.8 Å². The molecule has 0 aromatic heterocycles. The van der Waals surface area contributed by atoms with Gasteiger partial charge in [-0.3, -0.25) is 4.79 Å². The number of likely N-dealkylation sites (tertiary alicyclic amines) is 1. The van der Waals surface area contributed by atoms with E-state index in [-0.39, 0.29) is 0 Å². The molecule has 74 valence electrons. The van der Waals surface area contributed by atoms with E-state index in [9.17, 15) is 4.79 Å². The molecule has 2 nitrogen and oxygen atoms in total. The molecular formula is C11H19NO. The first-order chi connectivity index (χ1) is 6.27. The Morgan fingerprint density at radius 1 is 1.08 bits per heavy atom. The zero-order valence-corrected chi connectivity index (χ0v) is 8.46. The lowest BCUT2D eigenvalue weighted by Crippen LogP contribution is -2.49. The smallest absolute Gasteiger partial charge is 0.141 e. The summed E-state index contributed by atoms with van der Waals surface area (Å²) in [5.74, 6) is 1.37. The van der Waals surface area contributed by atoms with Gasteiger partial charge in [-0.05, 0) is 19.9 Å². The monoisotopic (exact) mass is 181 g/mol. The molecule has 1 aliphatic heterocycles. The lowest BCUT2D eigenvalue weighted by molar-refractivity contribution is -0.132. The van der Waals surface area contributed by atoms with Crippen LogP contribution >= 0.6 is 0 Å². The minimum Gasteiger partial charge on any atom is -0.305 e. The third-order valence-electron chi connectivity index (χ3n) is 3.47. The number of carbonyl (C=O) groups excluding carboxylic acids is 1. The van der Waals surface area contributed by atoms with Crippen molar-refractivity contribution in [3.63, 3.8) is 0 Å². The molecule has 0 spiro atoms. The Balaban J connectivity index is 1.82. The number of rotatable bonds is 2. The maximum absolute atomic E-state index is 11.9. The van der Waals surface area contributed by atoms with Crippen molar-refractivity contribution in [3.05, 3.63) is 0 Å². The summed E-state index contributed by atoms with van der Waals surface area (Å²) in [5.41, 5.74) is 0. The molecule has 0 aromatic rings. The van der Waals surface area contributed by atoms with Gasteiger partial charge in [0.2, 0.25) is 0 Å². The van der Waals surface area contributed by atoms with Crippen molar-refractivity contribution in [2.75, 3.05) is 20.1 Å². The fourth-order valence-electron chi connectivity index (χ4n) is 2.60. The molecule has 0 aromatic carbocycles. The summed E-state index contributed by atoms with van der Waals surface area (Å²) in [6.45, 7) is 2.02. The summed E-state index contributed by atoms with van der Waals surface area (Å²) < 4.78 is 0. The predicted molar refractivity (Wildman–Crippen MR) is 52.6 cm³/mol. The van der Waals surface area contributed by atoms with Crippen LogP contribution in [-0.4, -0.2) is 30.8 Å². The van der Waals surface area contributed by atoms with Gasteiger partial charge in [0.1, 0.15) is 5.78 Å². The number of ketones is 1. The van der Waals surface area contributed by atoms with Crippen LogP contribution in [0.15, 0.2) is 0 Å². The molecule has 0 radical (unpaired) electrons. The molecule has 0 atom stereocenters. The molecule has 2 heteroatoms. The Labute approximate surface area is 80.3 Å². The van der Waals surface area contributed by atoms with Crippen molar-refractivity contribution in [2.45, 2.75) is 32.1 Å². The van der Waals surface area contributed by atoms with Gasteiger partial charge < -0.3 is 4.90 Å². The average molecular weight is 181 g/mol. The minimum absolute atomic E-state index is 0.382. The molecule has 1 saturated heterocycles. The highest BCUT2D eigenvalue weighted by Crippen LogP contribution is 2.29. The fraction of sp³-hybridized carbons (Fsp3) is 0.909. The molecular weight excluding hydrogens is 162 g/mol. The average Bonchev–Trinajstić information content (AvgIpc) is 2.13. The number of hydrogen-bond acceptors (Lipinski definition) is 2. The second-order valence-corrected chi connectivity index (χ2v) is 4.66. The number of Topliss-reactive ketones (excluding diaryl/α,β-unsaturated/α-hetero) is 1. The van der Waals surface area contributed by atoms with Crippen molar-refractivity contribution >= 4 is 5.78 Å². The summed E-state index contributed by atoms with van der Waals surface area (Å²) >= 11 is 0. The second kappa shape index (κ2) is 3.79. The van der Waals surface area contributed by atoms with Gasteiger partial charge in [0, 0.05) is 24.9 Å². The van der Waals surface area contributed by atoms with Gasteiger partial charge in [0.05, 0.1) is 0 Å². The topological polar surface area (TPSA) is 20.3 Å². The van der Waals surface area contributed by atoms with Gasteiger partial charge in [0.15, 0.2) is 0 Å². The van der Waals surface area contributed by atoms with E-state index in [1.165, 1.54) is 32.1 Å². The lowest BCUT2D eigenvalue weighted by atomic mass is 9.79. The summed E-state index contributed by atoms with van der Waals surface area (Å²) in [6.07, 6.45) is 6.23. The van der Waals surface area contributed by atoms with Crippen LogP contribution in [0.25, 0.3) is 0 Å². The number of hydrogen-bond donors (Lipinski definition) is 0. The molecule has 2 aliphatic rings. The molecule has 1 saturated carbocycles. The van der Waals surface area contributed by atoms with E-state index in [2.05, 4.69) is 11.9 Å². The largest absolute Gasteiger partial charge is 0.305 e. The third-order valence-corrected chi connectivity index (χ3v) is 3.47. The van der Waals surface area contributed by atoms with Crippen molar-refractivity contribution in [3.8, 4) is 0 Å². The summed E-state index contributed by atoms with van der Waals surface area (Å²) in [7, 11) is 2.09. The van der Waals surface area contributed by atoms with E-state index in [4.69, 9.17) is 0 Å². The van der Waals surface area contributed by atoms with Crippen molar-refractivity contribution < 1.29 is 4.79 Å². The van der Waals surface area contributed by atoms with Crippen LogP contribution in [0.5, 0.6) is 0 Å². The van der Waals surface area contributed by atoms with E-state index in [1.54, 1.807) is 0 Å². The SMILES string of the molecule is CN1CC(C(=O)C2CCCCC2)C1.